The van der Waals surface area contributed by atoms with Crippen LogP contribution in [0.1, 0.15) is 88.7 Å². The van der Waals surface area contributed by atoms with E-state index in [-0.39, 0.29) is 17.8 Å². The van der Waals surface area contributed by atoms with Gasteiger partial charge in [-0.2, -0.15) is 0 Å². The van der Waals surface area contributed by atoms with Crippen LogP contribution in [0, 0.1) is 11.7 Å². The second-order valence-corrected chi connectivity index (χ2v) is 8.63. The molecule has 1 aliphatic carbocycles. The second kappa shape index (κ2) is 9.82. The minimum Gasteiger partial charge on any atom is -0.206 e. The van der Waals surface area contributed by atoms with Crippen LogP contribution in [0.25, 0.3) is 11.1 Å². The fourth-order valence-corrected chi connectivity index (χ4v) is 4.65. The standard InChI is InChI=1S/C26H33F3/c1-3-5-17-26(28,29)23-14-11-21(12-15-23)24-16-13-22(18-25(24)27)20-9-7-19(6-4-2)8-10-20/h11-16,18-20H,3-10,17H2,1-2H3. The van der Waals surface area contributed by atoms with E-state index < -0.39 is 5.92 Å². The second-order valence-electron chi connectivity index (χ2n) is 8.63. The molecule has 0 nitrogen and oxygen atoms in total. The van der Waals surface area contributed by atoms with Crippen LogP contribution >= 0.6 is 0 Å². The maximum atomic E-state index is 14.8. The Labute approximate surface area is 173 Å². The van der Waals surface area contributed by atoms with Crippen molar-refractivity contribution < 1.29 is 13.2 Å². The van der Waals surface area contributed by atoms with Crippen molar-refractivity contribution in [3.63, 3.8) is 0 Å². The number of unbranched alkanes of at least 4 members (excludes halogenated alkanes) is 1. The number of benzene rings is 2. The molecule has 0 bridgehead atoms. The summed E-state index contributed by atoms with van der Waals surface area (Å²) in [4.78, 5) is 0. The van der Waals surface area contributed by atoms with Crippen molar-refractivity contribution in [1.82, 2.24) is 0 Å². The first-order valence-corrected chi connectivity index (χ1v) is 11.2. The van der Waals surface area contributed by atoms with Gasteiger partial charge in [0.15, 0.2) is 0 Å². The number of alkyl halides is 2. The van der Waals surface area contributed by atoms with Gasteiger partial charge in [0.05, 0.1) is 0 Å². The lowest BCUT2D eigenvalue weighted by atomic mass is 9.77. The summed E-state index contributed by atoms with van der Waals surface area (Å²) < 4.78 is 43.3. The van der Waals surface area contributed by atoms with Gasteiger partial charge in [-0.15, -0.1) is 0 Å². The molecule has 0 atom stereocenters. The van der Waals surface area contributed by atoms with Crippen LogP contribution in [0.15, 0.2) is 42.5 Å². The fraction of sp³-hybridized carbons (Fsp3) is 0.538. The highest BCUT2D eigenvalue weighted by atomic mass is 19.3. The molecule has 1 aliphatic rings. The Morgan fingerprint density at radius 2 is 1.59 bits per heavy atom. The first-order chi connectivity index (χ1) is 13.9. The summed E-state index contributed by atoms with van der Waals surface area (Å²) >= 11 is 0. The van der Waals surface area contributed by atoms with Crippen molar-refractivity contribution in [2.24, 2.45) is 5.92 Å². The summed E-state index contributed by atoms with van der Waals surface area (Å²) in [5.41, 5.74) is 2.21. The molecular weight excluding hydrogens is 369 g/mol. The lowest BCUT2D eigenvalue weighted by Crippen LogP contribution is -2.13. The quantitative estimate of drug-likeness (QED) is 0.414. The first-order valence-electron chi connectivity index (χ1n) is 11.2. The van der Waals surface area contributed by atoms with Crippen LogP contribution < -0.4 is 0 Å². The average Bonchev–Trinajstić information content (AvgIpc) is 2.73. The van der Waals surface area contributed by atoms with Gasteiger partial charge in [0.1, 0.15) is 5.82 Å². The Balaban J connectivity index is 1.70. The zero-order chi connectivity index (χ0) is 20.9. The SMILES string of the molecule is CCCCC(F)(F)c1ccc(-c2ccc(C3CCC(CCC)CC3)cc2F)cc1. The minimum atomic E-state index is -2.83. The van der Waals surface area contributed by atoms with Gasteiger partial charge in [0.2, 0.25) is 0 Å². The molecule has 2 aromatic rings. The predicted octanol–water partition coefficient (Wildman–Crippen LogP) is 8.85. The minimum absolute atomic E-state index is 0.00978. The van der Waals surface area contributed by atoms with Gasteiger partial charge in [0.25, 0.3) is 5.92 Å². The van der Waals surface area contributed by atoms with Gasteiger partial charge in [-0.3, -0.25) is 0 Å². The molecule has 0 spiro atoms. The Hall–Kier alpha value is -1.77. The van der Waals surface area contributed by atoms with E-state index in [0.717, 1.165) is 30.7 Å². The van der Waals surface area contributed by atoms with Crippen LogP contribution in [0.4, 0.5) is 13.2 Å². The average molecular weight is 403 g/mol. The third-order valence-corrected chi connectivity index (χ3v) is 6.47. The molecule has 2 aromatic carbocycles. The van der Waals surface area contributed by atoms with Crippen molar-refractivity contribution in [3.8, 4) is 11.1 Å². The molecule has 0 amide bonds. The molecule has 3 rings (SSSR count). The normalized spacial score (nSPS) is 20.0. The van der Waals surface area contributed by atoms with Gasteiger partial charge >= 0.3 is 0 Å². The number of hydrogen-bond acceptors (Lipinski definition) is 0. The van der Waals surface area contributed by atoms with E-state index in [0.29, 0.717) is 23.5 Å². The third-order valence-electron chi connectivity index (χ3n) is 6.47. The molecular formula is C26H33F3. The maximum absolute atomic E-state index is 14.8. The Morgan fingerprint density at radius 1 is 0.897 bits per heavy atom. The van der Waals surface area contributed by atoms with Gasteiger partial charge in [-0.05, 0) is 61.1 Å². The van der Waals surface area contributed by atoms with Crippen LogP contribution in [-0.4, -0.2) is 0 Å². The molecule has 0 aliphatic heterocycles. The van der Waals surface area contributed by atoms with Crippen LogP contribution in [-0.2, 0) is 5.92 Å². The number of halogens is 3. The zero-order valence-electron chi connectivity index (χ0n) is 17.7. The van der Waals surface area contributed by atoms with Crippen molar-refractivity contribution >= 4 is 0 Å². The van der Waals surface area contributed by atoms with Crippen LogP contribution in [0.5, 0.6) is 0 Å². The summed E-state index contributed by atoms with van der Waals surface area (Å²) in [6, 6.07) is 11.6. The van der Waals surface area contributed by atoms with E-state index in [1.165, 1.54) is 37.8 Å². The van der Waals surface area contributed by atoms with E-state index in [1.807, 2.05) is 19.1 Å². The lowest BCUT2D eigenvalue weighted by Gasteiger charge is -2.28. The molecule has 0 N–H and O–H groups in total. The molecule has 0 aromatic heterocycles. The highest BCUT2D eigenvalue weighted by Gasteiger charge is 2.30. The van der Waals surface area contributed by atoms with Gasteiger partial charge in [-0.25, -0.2) is 13.2 Å². The number of hydrogen-bond donors (Lipinski definition) is 0. The van der Waals surface area contributed by atoms with Crippen molar-refractivity contribution in [3.05, 3.63) is 59.4 Å². The Bertz CT molecular complexity index is 771. The van der Waals surface area contributed by atoms with Crippen LogP contribution in [0.3, 0.4) is 0 Å². The summed E-state index contributed by atoms with van der Waals surface area (Å²) in [6.45, 7) is 4.14. The van der Waals surface area contributed by atoms with Crippen LogP contribution in [0.2, 0.25) is 0 Å². The van der Waals surface area contributed by atoms with Crippen molar-refractivity contribution in [2.45, 2.75) is 83.5 Å². The van der Waals surface area contributed by atoms with Crippen molar-refractivity contribution in [2.75, 3.05) is 0 Å². The molecule has 1 saturated carbocycles. The third kappa shape index (κ3) is 5.43. The molecule has 158 valence electrons. The first kappa shape index (κ1) is 21.9. The predicted molar refractivity (Wildman–Crippen MR) is 115 cm³/mol. The molecule has 0 saturated heterocycles. The molecule has 0 unspecified atom stereocenters. The molecule has 3 heteroatoms. The van der Waals surface area contributed by atoms with E-state index in [2.05, 4.69) is 6.92 Å². The summed E-state index contributed by atoms with van der Waals surface area (Å²) in [6.07, 6.45) is 8.35. The smallest absolute Gasteiger partial charge is 0.206 e. The summed E-state index contributed by atoms with van der Waals surface area (Å²) in [5, 5.41) is 0. The van der Waals surface area contributed by atoms with Gasteiger partial charge in [0, 0.05) is 17.5 Å². The monoisotopic (exact) mass is 402 g/mol. The highest BCUT2D eigenvalue weighted by Crippen LogP contribution is 2.39. The summed E-state index contributed by atoms with van der Waals surface area (Å²) in [5.74, 6) is -1.82. The van der Waals surface area contributed by atoms with E-state index in [1.54, 1.807) is 18.2 Å². The zero-order valence-corrected chi connectivity index (χ0v) is 17.7. The number of rotatable bonds is 8. The maximum Gasteiger partial charge on any atom is 0.273 e. The van der Waals surface area contributed by atoms with Gasteiger partial charge in [-0.1, -0.05) is 69.5 Å². The lowest BCUT2D eigenvalue weighted by molar-refractivity contribution is -0.0154. The molecule has 0 heterocycles. The molecule has 0 radical (unpaired) electrons. The Morgan fingerprint density at radius 3 is 2.17 bits per heavy atom. The van der Waals surface area contributed by atoms with E-state index in [9.17, 15) is 13.2 Å². The highest BCUT2D eigenvalue weighted by molar-refractivity contribution is 5.65. The molecule has 1 fully saturated rings. The van der Waals surface area contributed by atoms with Crippen molar-refractivity contribution in [1.29, 1.82) is 0 Å². The Kier molecular flexibility index (Phi) is 7.43. The van der Waals surface area contributed by atoms with E-state index in [4.69, 9.17) is 0 Å². The largest absolute Gasteiger partial charge is 0.273 e. The van der Waals surface area contributed by atoms with E-state index >= 15 is 0 Å². The van der Waals surface area contributed by atoms with Gasteiger partial charge < -0.3 is 0 Å². The topological polar surface area (TPSA) is 0 Å². The molecule has 29 heavy (non-hydrogen) atoms. The summed E-state index contributed by atoms with van der Waals surface area (Å²) in [7, 11) is 0. The fourth-order valence-electron chi connectivity index (χ4n) is 4.65.